The first-order valence-electron chi connectivity index (χ1n) is 13.9. The van der Waals surface area contributed by atoms with Crippen LogP contribution in [0.25, 0.3) is 0 Å². The number of hydrogen-bond donors (Lipinski definition) is 1. The third-order valence-electron chi connectivity index (χ3n) is 6.53. The predicted octanol–water partition coefficient (Wildman–Crippen LogP) is 5.56. The van der Waals surface area contributed by atoms with Crippen LogP contribution in [0.1, 0.15) is 99.9 Å². The zero-order valence-electron chi connectivity index (χ0n) is 22.6. The zero-order chi connectivity index (χ0) is 26.1. The lowest BCUT2D eigenvalue weighted by Crippen LogP contribution is -3.00. The molecule has 3 rings (SSSR count). The largest absolute Gasteiger partial charge is 1.00 e. The molecule has 0 spiro atoms. The van der Waals surface area contributed by atoms with Crippen LogP contribution in [0.2, 0.25) is 0 Å². The van der Waals surface area contributed by atoms with Gasteiger partial charge < -0.3 is 27.0 Å². The maximum absolute atomic E-state index is 14.6. The molecule has 0 aliphatic heterocycles. The van der Waals surface area contributed by atoms with E-state index in [1.807, 2.05) is 41.4 Å². The van der Waals surface area contributed by atoms with Crippen LogP contribution in [0.3, 0.4) is 0 Å². The minimum Gasteiger partial charge on any atom is -1.00 e. The molecule has 1 amide bonds. The first-order valence-corrected chi connectivity index (χ1v) is 14.8. The van der Waals surface area contributed by atoms with Gasteiger partial charge in [0.1, 0.15) is 0 Å². The molecule has 0 aliphatic carbocycles. The van der Waals surface area contributed by atoms with Crippen LogP contribution in [-0.2, 0) is 6.54 Å². The van der Waals surface area contributed by atoms with Gasteiger partial charge in [-0.05, 0) is 36.8 Å². The standard InChI is InChI=1S/C31H41FN2O2S.BrH/c1-2-3-4-5-6-7-8-9-10-11-12-13-20-36-30-18-17-27(23-29(30)32)31(35)33-28-16-14-15-26(22-28)24-34-19-21-37-25-34;/h14-19,21-23,25H,2-13,20,24H2,1H3;1H. The van der Waals surface area contributed by atoms with Crippen LogP contribution in [0.5, 0.6) is 5.75 Å². The highest BCUT2D eigenvalue weighted by Gasteiger charge is 2.12. The fraction of sp³-hybridized carbons (Fsp3) is 0.484. The molecule has 0 fully saturated rings. The molecule has 1 N–H and O–H groups in total. The summed E-state index contributed by atoms with van der Waals surface area (Å²) in [4.78, 5) is 12.7. The van der Waals surface area contributed by atoms with Crippen molar-refractivity contribution in [3.63, 3.8) is 0 Å². The van der Waals surface area contributed by atoms with E-state index in [4.69, 9.17) is 4.74 Å². The molecule has 0 unspecified atom stereocenters. The maximum Gasteiger partial charge on any atom is 0.255 e. The summed E-state index contributed by atoms with van der Waals surface area (Å²) in [7, 11) is 0. The number of nitrogens with zero attached hydrogens (tertiary/aromatic N) is 1. The molecule has 38 heavy (non-hydrogen) atoms. The van der Waals surface area contributed by atoms with Gasteiger partial charge >= 0.3 is 0 Å². The van der Waals surface area contributed by atoms with Crippen molar-refractivity contribution in [1.29, 1.82) is 0 Å². The van der Waals surface area contributed by atoms with Crippen LogP contribution in [0.15, 0.2) is 59.6 Å². The van der Waals surface area contributed by atoms with E-state index in [1.165, 1.54) is 70.3 Å². The summed E-state index contributed by atoms with van der Waals surface area (Å²) in [6.07, 6.45) is 17.3. The average molecular weight is 606 g/mol. The van der Waals surface area contributed by atoms with E-state index in [0.29, 0.717) is 12.3 Å². The van der Waals surface area contributed by atoms with Gasteiger partial charge in [0.25, 0.3) is 5.91 Å². The van der Waals surface area contributed by atoms with Crippen LogP contribution in [0.4, 0.5) is 10.1 Å². The number of halogens is 2. The van der Waals surface area contributed by atoms with Crippen LogP contribution in [-0.4, -0.2) is 12.5 Å². The van der Waals surface area contributed by atoms with Gasteiger partial charge in [0.05, 0.1) is 12.0 Å². The Morgan fingerprint density at radius 1 is 0.921 bits per heavy atom. The predicted molar refractivity (Wildman–Crippen MR) is 151 cm³/mol. The van der Waals surface area contributed by atoms with Gasteiger partial charge in [-0.15, -0.1) is 0 Å². The number of rotatable bonds is 18. The van der Waals surface area contributed by atoms with Crippen molar-refractivity contribution in [2.45, 2.75) is 90.5 Å². The Hall–Kier alpha value is -2.25. The lowest BCUT2D eigenvalue weighted by atomic mass is 10.1. The molecular formula is C31H42BrFN2O2S. The summed E-state index contributed by atoms with van der Waals surface area (Å²) < 4.78 is 22.3. The summed E-state index contributed by atoms with van der Waals surface area (Å²) in [6, 6.07) is 12.1. The molecule has 1 aromatic heterocycles. The number of carbonyl (C=O) groups excluding carboxylic acids is 1. The monoisotopic (exact) mass is 604 g/mol. The molecule has 0 radical (unpaired) electrons. The van der Waals surface area contributed by atoms with Gasteiger partial charge in [-0.1, -0.05) is 101 Å². The third kappa shape index (κ3) is 12.1. The number of thiazole rings is 1. The van der Waals surface area contributed by atoms with Crippen molar-refractivity contribution >= 4 is 22.9 Å². The van der Waals surface area contributed by atoms with E-state index >= 15 is 0 Å². The van der Waals surface area contributed by atoms with Crippen molar-refractivity contribution < 1.29 is 35.5 Å². The van der Waals surface area contributed by atoms with E-state index in [1.54, 1.807) is 23.5 Å². The second-order valence-electron chi connectivity index (χ2n) is 9.74. The number of unbranched alkanes of at least 4 members (excludes halogenated alkanes) is 11. The Balaban J connectivity index is 0.00000507. The minimum absolute atomic E-state index is 0. The normalized spacial score (nSPS) is 10.7. The quantitative estimate of drug-likeness (QED) is 0.153. The molecule has 0 aliphatic rings. The van der Waals surface area contributed by atoms with E-state index in [9.17, 15) is 9.18 Å². The number of benzene rings is 2. The molecule has 208 valence electrons. The Kier molecular flexibility index (Phi) is 15.9. The third-order valence-corrected chi connectivity index (χ3v) is 7.20. The summed E-state index contributed by atoms with van der Waals surface area (Å²) in [6.45, 7) is 3.48. The molecule has 0 bridgehead atoms. The summed E-state index contributed by atoms with van der Waals surface area (Å²) >= 11 is 1.63. The average Bonchev–Trinajstić information content (AvgIpc) is 3.41. The molecule has 0 atom stereocenters. The zero-order valence-corrected chi connectivity index (χ0v) is 25.0. The van der Waals surface area contributed by atoms with Gasteiger partial charge in [0.15, 0.2) is 24.3 Å². The van der Waals surface area contributed by atoms with Crippen molar-refractivity contribution in [3.05, 3.63) is 76.5 Å². The van der Waals surface area contributed by atoms with E-state index in [-0.39, 0.29) is 34.2 Å². The Labute approximate surface area is 242 Å². The van der Waals surface area contributed by atoms with E-state index in [0.717, 1.165) is 24.9 Å². The molecule has 3 aromatic rings. The fourth-order valence-corrected chi connectivity index (χ4v) is 5.00. The summed E-state index contributed by atoms with van der Waals surface area (Å²) in [5.41, 5.74) is 4.07. The lowest BCUT2D eigenvalue weighted by Gasteiger charge is -2.10. The number of amides is 1. The Morgan fingerprint density at radius 2 is 1.61 bits per heavy atom. The first-order chi connectivity index (χ1) is 18.2. The summed E-state index contributed by atoms with van der Waals surface area (Å²) in [5.74, 6) is -0.643. The molecule has 0 saturated heterocycles. The first kappa shape index (κ1) is 32.0. The van der Waals surface area contributed by atoms with Crippen molar-refractivity contribution in [2.24, 2.45) is 0 Å². The Bertz CT molecular complexity index is 1060. The second-order valence-corrected chi connectivity index (χ2v) is 10.5. The molecule has 4 nitrogen and oxygen atoms in total. The van der Waals surface area contributed by atoms with Crippen LogP contribution < -0.4 is 31.6 Å². The SMILES string of the molecule is CCCCCCCCCCCCCCOc1ccc(C(=O)Nc2cccc(C[n+]3ccsc3)c2)cc1F.[Br-]. The number of nitrogens with one attached hydrogen (secondary N) is 1. The summed E-state index contributed by atoms with van der Waals surface area (Å²) in [5, 5.41) is 4.89. The van der Waals surface area contributed by atoms with Gasteiger partial charge in [0.2, 0.25) is 5.51 Å². The molecule has 7 heteroatoms. The van der Waals surface area contributed by atoms with Crippen molar-refractivity contribution in [3.8, 4) is 5.75 Å². The Morgan fingerprint density at radius 3 is 2.24 bits per heavy atom. The van der Waals surface area contributed by atoms with Gasteiger partial charge in [-0.3, -0.25) is 4.79 Å². The fourth-order valence-electron chi connectivity index (χ4n) is 4.40. The van der Waals surface area contributed by atoms with E-state index < -0.39 is 5.82 Å². The number of ether oxygens (including phenoxy) is 1. The topological polar surface area (TPSA) is 42.2 Å². The highest BCUT2D eigenvalue weighted by atomic mass is 79.9. The molecule has 1 heterocycles. The number of hydrogen-bond acceptors (Lipinski definition) is 3. The van der Waals surface area contributed by atoms with Crippen LogP contribution >= 0.6 is 11.3 Å². The highest BCUT2D eigenvalue weighted by Crippen LogP contribution is 2.20. The minimum atomic E-state index is -0.505. The van der Waals surface area contributed by atoms with Crippen LogP contribution in [0, 0.1) is 5.82 Å². The van der Waals surface area contributed by atoms with Crippen molar-refractivity contribution in [2.75, 3.05) is 11.9 Å². The number of aromatic nitrogens is 1. The van der Waals surface area contributed by atoms with Gasteiger partial charge in [-0.2, -0.15) is 4.57 Å². The highest BCUT2D eigenvalue weighted by molar-refractivity contribution is 7.07. The number of carbonyl (C=O) groups is 1. The maximum atomic E-state index is 14.6. The smallest absolute Gasteiger partial charge is 0.255 e. The second kappa shape index (κ2) is 18.9. The lowest BCUT2D eigenvalue weighted by molar-refractivity contribution is -0.683. The number of anilines is 1. The van der Waals surface area contributed by atoms with Crippen molar-refractivity contribution in [1.82, 2.24) is 0 Å². The van der Waals surface area contributed by atoms with E-state index in [2.05, 4.69) is 16.8 Å². The molecule has 0 saturated carbocycles. The molecular weight excluding hydrogens is 563 g/mol. The van der Waals surface area contributed by atoms with Gasteiger partial charge in [-0.25, -0.2) is 4.39 Å². The molecule has 2 aromatic carbocycles. The van der Waals surface area contributed by atoms with Gasteiger partial charge in [0, 0.05) is 16.8 Å².